The zero-order chi connectivity index (χ0) is 32.8. The quantitative estimate of drug-likeness (QED) is 0.0554. The van der Waals surface area contributed by atoms with Crippen molar-refractivity contribution in [3.63, 3.8) is 0 Å². The molecule has 0 radical (unpaired) electrons. The van der Waals surface area contributed by atoms with Crippen molar-refractivity contribution in [2.24, 2.45) is 0 Å². The van der Waals surface area contributed by atoms with Gasteiger partial charge in [-0.15, -0.1) is 11.6 Å². The maximum Gasteiger partial charge on any atom is 0.281 e. The van der Waals surface area contributed by atoms with Crippen molar-refractivity contribution in [2.75, 3.05) is 18.4 Å². The summed E-state index contributed by atoms with van der Waals surface area (Å²) in [5, 5.41) is -0.657. The zero-order valence-corrected chi connectivity index (χ0v) is 29.5. The van der Waals surface area contributed by atoms with Gasteiger partial charge in [0, 0.05) is 0 Å². The number of ether oxygens (including phenoxy) is 3. The molecule has 0 aliphatic rings. The van der Waals surface area contributed by atoms with Crippen LogP contribution < -0.4 is 0 Å². The van der Waals surface area contributed by atoms with Gasteiger partial charge in [-0.25, -0.2) is 0 Å². The maximum atomic E-state index is 12.7. The molecule has 3 aromatic rings. The molecule has 0 saturated carbocycles. The Morgan fingerprint density at radius 3 is 1.76 bits per heavy atom. The van der Waals surface area contributed by atoms with Crippen molar-refractivity contribution in [2.45, 2.75) is 77.0 Å². The van der Waals surface area contributed by atoms with E-state index in [9.17, 15) is 8.42 Å². The second-order valence-corrected chi connectivity index (χ2v) is 19.3. The summed E-state index contributed by atoms with van der Waals surface area (Å²) in [6.07, 6.45) is 1.12. The van der Waals surface area contributed by atoms with E-state index in [0.29, 0.717) is 6.61 Å². The predicted octanol–water partition coefficient (Wildman–Crippen LogP) is 7.86. The fourth-order valence-electron chi connectivity index (χ4n) is 4.13. The monoisotopic (exact) mass is 674 g/mol. The molecule has 45 heavy (non-hydrogen) atoms. The lowest BCUT2D eigenvalue weighted by molar-refractivity contribution is -0.124. The first-order valence-corrected chi connectivity index (χ1v) is 20.1. The van der Waals surface area contributed by atoms with E-state index >= 15 is 0 Å². The van der Waals surface area contributed by atoms with E-state index in [0.717, 1.165) is 16.7 Å². The van der Waals surface area contributed by atoms with Crippen LogP contribution in [0.5, 0.6) is 0 Å². The topological polar surface area (TPSA) is 80.3 Å². The van der Waals surface area contributed by atoms with Gasteiger partial charge in [0.1, 0.15) is 23.5 Å². The first kappa shape index (κ1) is 37.1. The third-order valence-corrected chi connectivity index (χ3v) is 13.8. The minimum Gasteiger partial charge on any atom is -0.413 e. The molecule has 3 aromatic carbocycles. The molecule has 0 heterocycles. The molecule has 0 spiro atoms. The third-order valence-electron chi connectivity index (χ3n) is 7.73. The van der Waals surface area contributed by atoms with Crippen LogP contribution in [0.4, 0.5) is 0 Å². The molecule has 0 amide bonds. The molecular weight excluding hydrogens is 628 g/mol. The second-order valence-electron chi connectivity index (χ2n) is 12.3. The maximum absolute atomic E-state index is 12.7. The first-order valence-electron chi connectivity index (χ1n) is 15.1. The molecule has 0 aromatic heterocycles. The molecule has 7 nitrogen and oxygen atoms in total. The van der Waals surface area contributed by atoms with Gasteiger partial charge in [0.25, 0.3) is 10.1 Å². The van der Waals surface area contributed by atoms with E-state index < -0.39 is 42.0 Å². The van der Waals surface area contributed by atoms with E-state index in [-0.39, 0.29) is 31.5 Å². The van der Waals surface area contributed by atoms with Gasteiger partial charge in [-0.1, -0.05) is 124 Å². The molecule has 0 aliphatic carbocycles. The fourth-order valence-corrected chi connectivity index (χ4v) is 5.82. The van der Waals surface area contributed by atoms with Gasteiger partial charge < -0.3 is 18.6 Å². The van der Waals surface area contributed by atoms with E-state index in [4.69, 9.17) is 34.4 Å². The van der Waals surface area contributed by atoms with E-state index in [2.05, 4.69) is 33.9 Å². The van der Waals surface area contributed by atoms with E-state index in [1.165, 1.54) is 0 Å². The lowest BCUT2D eigenvalue weighted by Crippen LogP contribution is -2.45. The summed E-state index contributed by atoms with van der Waals surface area (Å²) in [4.78, 5) is 0. The summed E-state index contributed by atoms with van der Waals surface area (Å²) >= 11 is 5.79. The highest BCUT2D eigenvalue weighted by molar-refractivity contribution is 7.87. The molecule has 246 valence electrons. The molecule has 0 fully saturated rings. The number of alkyl halides is 1. The van der Waals surface area contributed by atoms with Gasteiger partial charge >= 0.3 is 0 Å². The van der Waals surface area contributed by atoms with Crippen LogP contribution in [0.1, 0.15) is 37.5 Å². The molecule has 3 atom stereocenters. The van der Waals surface area contributed by atoms with Crippen LogP contribution in [-0.2, 0) is 52.8 Å². The highest BCUT2D eigenvalue weighted by Crippen LogP contribution is 2.36. The van der Waals surface area contributed by atoms with Crippen molar-refractivity contribution in [1.29, 1.82) is 0 Å². The normalized spacial score (nSPS) is 14.8. The zero-order valence-electron chi connectivity index (χ0n) is 26.9. The van der Waals surface area contributed by atoms with Crippen molar-refractivity contribution in [3.8, 4) is 0 Å². The molecule has 10 heteroatoms. The summed E-state index contributed by atoms with van der Waals surface area (Å²) in [7, 11) is -6.10. The van der Waals surface area contributed by atoms with E-state index in [1.54, 1.807) is 0 Å². The Labute approximate surface area is 275 Å². The standard InChI is InChI=1S/C35H47ClO7SSi/c1-35(2,3)45(4,5)42-23-15-22-32(40-25-30-18-11-7-12-19-30)34(41-26-31-20-13-8-14-21-31)33(43-44(37,38)28-36)27-39-24-29-16-9-6-10-17-29/h6-22,32-34H,23-28H2,1-5H3/b22-15+/t32-,33?,34-/m1/s1. The molecule has 0 bridgehead atoms. The van der Waals surface area contributed by atoms with Gasteiger partial charge in [0.15, 0.2) is 8.32 Å². The largest absolute Gasteiger partial charge is 0.413 e. The summed E-state index contributed by atoms with van der Waals surface area (Å²) < 4.78 is 56.5. The van der Waals surface area contributed by atoms with Crippen molar-refractivity contribution in [3.05, 3.63) is 120 Å². The number of halogens is 1. The Balaban J connectivity index is 1.94. The Kier molecular flexibility index (Phi) is 14.9. The summed E-state index contributed by atoms with van der Waals surface area (Å²) in [6.45, 7) is 12.0. The van der Waals surface area contributed by atoms with Gasteiger partial charge in [-0.05, 0) is 34.8 Å². The van der Waals surface area contributed by atoms with Crippen molar-refractivity contribution >= 4 is 30.0 Å². The second kappa shape index (κ2) is 18.1. The van der Waals surface area contributed by atoms with Gasteiger partial charge in [-0.2, -0.15) is 8.42 Å². The van der Waals surface area contributed by atoms with Crippen molar-refractivity contribution in [1.82, 2.24) is 0 Å². The Morgan fingerprint density at radius 2 is 1.27 bits per heavy atom. The summed E-state index contributed by atoms with van der Waals surface area (Å²) in [6, 6.07) is 29.0. The smallest absolute Gasteiger partial charge is 0.281 e. The number of benzene rings is 3. The Morgan fingerprint density at radius 1 is 0.778 bits per heavy atom. The third kappa shape index (κ3) is 13.1. The van der Waals surface area contributed by atoms with Crippen LogP contribution >= 0.6 is 11.6 Å². The van der Waals surface area contributed by atoms with Crippen LogP contribution in [0.25, 0.3) is 0 Å². The molecule has 3 rings (SSSR count). The van der Waals surface area contributed by atoms with Crippen LogP contribution in [0.15, 0.2) is 103 Å². The molecule has 0 aliphatic heterocycles. The lowest BCUT2D eigenvalue weighted by atomic mass is 10.1. The van der Waals surface area contributed by atoms with Gasteiger partial charge in [0.05, 0.1) is 33.0 Å². The predicted molar refractivity (Wildman–Crippen MR) is 183 cm³/mol. The Hall–Kier alpha value is -2.34. The minimum absolute atomic E-state index is 0.0519. The SMILES string of the molecule is CC(C)(C)[Si](C)(C)OC/C=C/[C@@H](OCc1ccccc1)[C@@H](OCc1ccccc1)C(COCc1ccccc1)OS(=O)(=O)CCl. The highest BCUT2D eigenvalue weighted by Gasteiger charge is 2.37. The average molecular weight is 675 g/mol. The number of rotatable bonds is 19. The van der Waals surface area contributed by atoms with Crippen LogP contribution in [0.3, 0.4) is 0 Å². The highest BCUT2D eigenvalue weighted by atomic mass is 35.5. The fraction of sp³-hybridized carbons (Fsp3) is 0.429. The first-order chi connectivity index (χ1) is 21.4. The lowest BCUT2D eigenvalue weighted by Gasteiger charge is -2.36. The summed E-state index contributed by atoms with van der Waals surface area (Å²) in [5.74, 6) is 0. The van der Waals surface area contributed by atoms with Crippen LogP contribution in [0, 0.1) is 0 Å². The van der Waals surface area contributed by atoms with E-state index in [1.807, 2.05) is 103 Å². The van der Waals surface area contributed by atoms with Crippen molar-refractivity contribution < 1.29 is 31.2 Å². The van der Waals surface area contributed by atoms with Gasteiger partial charge in [0.2, 0.25) is 0 Å². The number of hydrogen-bond acceptors (Lipinski definition) is 7. The molecule has 0 N–H and O–H groups in total. The van der Waals surface area contributed by atoms with Crippen LogP contribution in [0.2, 0.25) is 18.1 Å². The number of hydrogen-bond donors (Lipinski definition) is 0. The average Bonchev–Trinajstić information content (AvgIpc) is 3.02. The van der Waals surface area contributed by atoms with Crippen LogP contribution in [-0.4, -0.2) is 53.5 Å². The molecular formula is C35H47ClO7SSi. The van der Waals surface area contributed by atoms with Gasteiger partial charge in [-0.3, -0.25) is 4.18 Å². The minimum atomic E-state index is -4.10. The molecule has 1 unspecified atom stereocenters. The summed E-state index contributed by atoms with van der Waals surface area (Å²) in [5.41, 5.74) is 2.82. The Bertz CT molecular complexity index is 1380. The molecule has 0 saturated heterocycles.